The maximum absolute atomic E-state index is 5.04. The van der Waals surface area contributed by atoms with Crippen molar-refractivity contribution in [1.82, 2.24) is 10.3 Å². The number of hydrogen-bond acceptors (Lipinski definition) is 3. The van der Waals surface area contributed by atoms with Crippen LogP contribution in [0.5, 0.6) is 5.88 Å². The van der Waals surface area contributed by atoms with Gasteiger partial charge in [0.25, 0.3) is 0 Å². The van der Waals surface area contributed by atoms with E-state index >= 15 is 0 Å². The molecule has 1 N–H and O–H groups in total. The van der Waals surface area contributed by atoms with Crippen molar-refractivity contribution in [2.75, 3.05) is 7.11 Å². The van der Waals surface area contributed by atoms with Gasteiger partial charge in [0.15, 0.2) is 0 Å². The molecule has 1 fully saturated rings. The molecule has 0 aliphatic heterocycles. The van der Waals surface area contributed by atoms with E-state index in [-0.39, 0.29) is 0 Å². The van der Waals surface area contributed by atoms with E-state index in [1.807, 2.05) is 12.3 Å². The smallest absolute Gasteiger partial charge is 0.212 e. The molecule has 0 bridgehead atoms. The molecule has 1 aliphatic rings. The highest BCUT2D eigenvalue weighted by molar-refractivity contribution is 5.17. The van der Waals surface area contributed by atoms with Crippen molar-refractivity contribution in [3.63, 3.8) is 0 Å². The molecule has 94 valence electrons. The summed E-state index contributed by atoms with van der Waals surface area (Å²) in [4.78, 5) is 4.21. The molecule has 0 amide bonds. The van der Waals surface area contributed by atoms with Crippen molar-refractivity contribution >= 4 is 0 Å². The fourth-order valence-electron chi connectivity index (χ4n) is 2.53. The molecular formula is C14H22N2O. The third-order valence-electron chi connectivity index (χ3n) is 3.72. The van der Waals surface area contributed by atoms with Crippen LogP contribution >= 0.6 is 0 Å². The zero-order chi connectivity index (χ0) is 12.1. The minimum absolute atomic E-state index is 0.681. The maximum atomic E-state index is 5.04. The first-order valence-corrected chi connectivity index (χ1v) is 6.54. The Bertz CT molecular complexity index is 337. The highest BCUT2D eigenvalue weighted by Gasteiger charge is 2.22. The molecule has 0 radical (unpaired) electrons. The summed E-state index contributed by atoms with van der Waals surface area (Å²) in [6, 6.07) is 4.69. The second-order valence-corrected chi connectivity index (χ2v) is 4.87. The Morgan fingerprint density at radius 3 is 2.88 bits per heavy atom. The lowest BCUT2D eigenvalue weighted by atomic mass is 10.1. The van der Waals surface area contributed by atoms with Gasteiger partial charge in [0.05, 0.1) is 7.11 Å². The molecular weight excluding hydrogens is 212 g/mol. The molecule has 2 rings (SSSR count). The number of rotatable bonds is 5. The summed E-state index contributed by atoms with van der Waals surface area (Å²) in [6.45, 7) is 3.21. The number of ether oxygens (including phenoxy) is 1. The first-order chi connectivity index (χ1) is 8.31. The van der Waals surface area contributed by atoms with Gasteiger partial charge in [0.1, 0.15) is 0 Å². The van der Waals surface area contributed by atoms with Crippen LogP contribution in [0.4, 0.5) is 0 Å². The van der Waals surface area contributed by atoms with E-state index in [1.54, 1.807) is 7.11 Å². The van der Waals surface area contributed by atoms with Crippen molar-refractivity contribution < 1.29 is 4.74 Å². The Kier molecular flexibility index (Phi) is 4.37. The summed E-state index contributed by atoms with van der Waals surface area (Å²) in [5.74, 6) is 1.61. The largest absolute Gasteiger partial charge is 0.481 e. The lowest BCUT2D eigenvalue weighted by Crippen LogP contribution is -2.25. The Morgan fingerprint density at radius 2 is 2.29 bits per heavy atom. The van der Waals surface area contributed by atoms with Crippen molar-refractivity contribution in [2.45, 2.75) is 45.2 Å². The van der Waals surface area contributed by atoms with Gasteiger partial charge in [0, 0.05) is 24.8 Å². The lowest BCUT2D eigenvalue weighted by molar-refractivity contribution is 0.397. The van der Waals surface area contributed by atoms with Gasteiger partial charge in [-0.05, 0) is 30.7 Å². The van der Waals surface area contributed by atoms with Crippen molar-refractivity contribution in [1.29, 1.82) is 0 Å². The summed E-state index contributed by atoms with van der Waals surface area (Å²) in [5, 5.41) is 3.62. The fraction of sp³-hybridized carbons (Fsp3) is 0.643. The van der Waals surface area contributed by atoms with E-state index in [9.17, 15) is 0 Å². The predicted octanol–water partition coefficient (Wildman–Crippen LogP) is 2.76. The monoisotopic (exact) mass is 234 g/mol. The van der Waals surface area contributed by atoms with E-state index in [0.29, 0.717) is 11.9 Å². The quantitative estimate of drug-likeness (QED) is 0.850. The van der Waals surface area contributed by atoms with E-state index in [2.05, 4.69) is 23.3 Å². The standard InChI is InChI=1S/C14H22N2O/c1-3-11-4-6-13(8-11)15-9-12-5-7-14(17-2)16-10-12/h5,7,10-11,13,15H,3-4,6,8-9H2,1-2H3. The maximum Gasteiger partial charge on any atom is 0.212 e. The van der Waals surface area contributed by atoms with Crippen molar-refractivity contribution in [3.8, 4) is 5.88 Å². The summed E-state index contributed by atoms with van der Waals surface area (Å²) in [6.07, 6.45) is 7.25. The number of pyridine rings is 1. The molecule has 0 aromatic carbocycles. The van der Waals surface area contributed by atoms with Gasteiger partial charge in [-0.25, -0.2) is 4.98 Å². The van der Waals surface area contributed by atoms with E-state index in [1.165, 1.54) is 31.2 Å². The van der Waals surface area contributed by atoms with Crippen molar-refractivity contribution in [2.24, 2.45) is 5.92 Å². The molecule has 1 aliphatic carbocycles. The number of hydrogen-bond donors (Lipinski definition) is 1. The minimum Gasteiger partial charge on any atom is -0.481 e. The van der Waals surface area contributed by atoms with Crippen LogP contribution in [0.3, 0.4) is 0 Å². The number of methoxy groups -OCH3 is 1. The summed E-state index contributed by atoms with van der Waals surface area (Å²) < 4.78 is 5.04. The molecule has 17 heavy (non-hydrogen) atoms. The Balaban J connectivity index is 1.78. The molecule has 1 aromatic rings. The lowest BCUT2D eigenvalue weighted by Gasteiger charge is -2.12. The van der Waals surface area contributed by atoms with E-state index in [0.717, 1.165) is 12.5 Å². The average Bonchev–Trinajstić information content (AvgIpc) is 2.85. The van der Waals surface area contributed by atoms with Gasteiger partial charge in [-0.3, -0.25) is 0 Å². The second-order valence-electron chi connectivity index (χ2n) is 4.87. The van der Waals surface area contributed by atoms with Crippen molar-refractivity contribution in [3.05, 3.63) is 23.9 Å². The molecule has 2 atom stereocenters. The second kappa shape index (κ2) is 6.01. The summed E-state index contributed by atoms with van der Waals surface area (Å²) in [7, 11) is 1.64. The molecule has 0 spiro atoms. The van der Waals surface area contributed by atoms with Gasteiger partial charge in [0.2, 0.25) is 5.88 Å². The van der Waals surface area contributed by atoms with Crippen LogP contribution in [0.2, 0.25) is 0 Å². The highest BCUT2D eigenvalue weighted by atomic mass is 16.5. The first-order valence-electron chi connectivity index (χ1n) is 6.54. The topological polar surface area (TPSA) is 34.1 Å². The van der Waals surface area contributed by atoms with E-state index in [4.69, 9.17) is 4.74 Å². The molecule has 1 aromatic heterocycles. The van der Waals surface area contributed by atoms with Gasteiger partial charge in [-0.2, -0.15) is 0 Å². The molecule has 1 heterocycles. The predicted molar refractivity (Wildman–Crippen MR) is 69.0 cm³/mol. The van der Waals surface area contributed by atoms with Crippen LogP contribution in [0.15, 0.2) is 18.3 Å². The normalized spacial score (nSPS) is 23.9. The molecule has 0 saturated heterocycles. The van der Waals surface area contributed by atoms with Gasteiger partial charge in [-0.1, -0.05) is 19.4 Å². The fourth-order valence-corrected chi connectivity index (χ4v) is 2.53. The van der Waals surface area contributed by atoms with E-state index < -0.39 is 0 Å². The zero-order valence-corrected chi connectivity index (χ0v) is 10.8. The molecule has 3 heteroatoms. The Morgan fingerprint density at radius 1 is 1.41 bits per heavy atom. The number of aromatic nitrogens is 1. The van der Waals surface area contributed by atoms with Gasteiger partial charge in [-0.15, -0.1) is 0 Å². The van der Waals surface area contributed by atoms with Crippen LogP contribution in [-0.4, -0.2) is 18.1 Å². The summed E-state index contributed by atoms with van der Waals surface area (Å²) in [5.41, 5.74) is 1.23. The minimum atomic E-state index is 0.681. The third-order valence-corrected chi connectivity index (χ3v) is 3.72. The molecule has 2 unspecified atom stereocenters. The van der Waals surface area contributed by atoms with Gasteiger partial charge < -0.3 is 10.1 Å². The molecule has 3 nitrogen and oxygen atoms in total. The van der Waals surface area contributed by atoms with Gasteiger partial charge >= 0.3 is 0 Å². The van der Waals surface area contributed by atoms with Crippen LogP contribution in [0.1, 0.15) is 38.2 Å². The van der Waals surface area contributed by atoms with Crippen LogP contribution in [0.25, 0.3) is 0 Å². The number of nitrogens with zero attached hydrogens (tertiary/aromatic N) is 1. The number of nitrogens with one attached hydrogen (secondary N) is 1. The molecule has 1 saturated carbocycles. The Labute approximate surface area is 104 Å². The highest BCUT2D eigenvalue weighted by Crippen LogP contribution is 2.27. The van der Waals surface area contributed by atoms with Crippen LogP contribution < -0.4 is 10.1 Å². The first kappa shape index (κ1) is 12.4. The SMILES string of the molecule is CCC1CCC(NCc2ccc(OC)nc2)C1. The summed E-state index contributed by atoms with van der Waals surface area (Å²) >= 11 is 0. The zero-order valence-electron chi connectivity index (χ0n) is 10.8. The third kappa shape index (κ3) is 3.43. The average molecular weight is 234 g/mol. The van der Waals surface area contributed by atoms with Crippen LogP contribution in [-0.2, 0) is 6.54 Å². The Hall–Kier alpha value is -1.09. The van der Waals surface area contributed by atoms with Crippen LogP contribution in [0, 0.1) is 5.92 Å².